The Hall–Kier alpha value is -2.45. The first-order valence-electron chi connectivity index (χ1n) is 11.5. The molecule has 0 spiro atoms. The fraction of sp³-hybridized carbons (Fsp3) is 0.640. The number of amidine groups is 2. The Morgan fingerprint density at radius 3 is 2.12 bits per heavy atom. The molecule has 0 saturated heterocycles. The summed E-state index contributed by atoms with van der Waals surface area (Å²) < 4.78 is 5.85. The third-order valence-corrected chi connectivity index (χ3v) is 4.89. The van der Waals surface area contributed by atoms with E-state index in [1.165, 1.54) is 0 Å². The summed E-state index contributed by atoms with van der Waals surface area (Å²) >= 11 is 0. The van der Waals surface area contributed by atoms with Crippen molar-refractivity contribution in [1.29, 1.82) is 0 Å². The van der Waals surface area contributed by atoms with Crippen molar-refractivity contribution in [3.05, 3.63) is 35.4 Å². The van der Waals surface area contributed by atoms with Gasteiger partial charge in [-0.2, -0.15) is 0 Å². The van der Waals surface area contributed by atoms with Gasteiger partial charge in [0.1, 0.15) is 5.84 Å². The smallest absolute Gasteiger partial charge is 0.207 e. The van der Waals surface area contributed by atoms with Crippen molar-refractivity contribution in [1.82, 2.24) is 10.6 Å². The third kappa shape index (κ3) is 15.9. The minimum atomic E-state index is 0.216. The van der Waals surface area contributed by atoms with Crippen LogP contribution in [0.5, 0.6) is 0 Å². The highest BCUT2D eigenvalue weighted by molar-refractivity contribution is 5.97. The van der Waals surface area contributed by atoms with Crippen molar-refractivity contribution in [2.75, 3.05) is 19.8 Å². The number of carbonyl (C=O) groups is 1. The largest absolute Gasteiger partial charge is 0.386 e. The summed E-state index contributed by atoms with van der Waals surface area (Å²) in [6, 6.07) is 7.87. The molecule has 0 aliphatic carbocycles. The zero-order valence-electron chi connectivity index (χ0n) is 21.9. The van der Waals surface area contributed by atoms with Crippen LogP contribution in [0, 0.1) is 10.8 Å². The summed E-state index contributed by atoms with van der Waals surface area (Å²) in [5.41, 5.74) is 13.3. The lowest BCUT2D eigenvalue weighted by atomic mass is 9.91. The van der Waals surface area contributed by atoms with E-state index in [0.717, 1.165) is 37.3 Å². The average molecular weight is 463 g/mol. The standard InChI is InChI=1S/C14H31NO.C11H15N5O/c1-8-13(4,5)10-16-11-14(6,7)9-15-12(2)3;1-8(12)15-16-11(13)10-4-2-9(3-5-10)6-14-7-17/h12,15H,8-11H2,1-7H3;2-5,7H,6H2,1H3,(H2,12,15)(H2,13,16)(H,14,17). The van der Waals surface area contributed by atoms with Crippen LogP contribution in [0.25, 0.3) is 0 Å². The van der Waals surface area contributed by atoms with E-state index in [-0.39, 0.29) is 5.41 Å². The predicted molar refractivity (Wildman–Crippen MR) is 139 cm³/mol. The zero-order chi connectivity index (χ0) is 25.5. The fourth-order valence-electron chi connectivity index (χ4n) is 2.38. The van der Waals surface area contributed by atoms with E-state index in [0.29, 0.717) is 36.1 Å². The fourth-order valence-corrected chi connectivity index (χ4v) is 2.38. The van der Waals surface area contributed by atoms with Crippen molar-refractivity contribution in [2.45, 2.75) is 74.4 Å². The second-order valence-corrected chi connectivity index (χ2v) is 10.1. The maximum atomic E-state index is 10.1. The Morgan fingerprint density at radius 1 is 1.06 bits per heavy atom. The van der Waals surface area contributed by atoms with Crippen LogP contribution in [-0.2, 0) is 16.1 Å². The van der Waals surface area contributed by atoms with Crippen LogP contribution in [0.15, 0.2) is 34.5 Å². The van der Waals surface area contributed by atoms with Crippen molar-refractivity contribution in [2.24, 2.45) is 32.5 Å². The molecular formula is C25H46N6O2. The van der Waals surface area contributed by atoms with Crippen molar-refractivity contribution in [3.63, 3.8) is 0 Å². The van der Waals surface area contributed by atoms with E-state index in [2.05, 4.69) is 69.3 Å². The molecule has 1 aromatic carbocycles. The first kappa shape index (κ1) is 30.6. The maximum absolute atomic E-state index is 10.1. The number of rotatable bonds is 13. The van der Waals surface area contributed by atoms with Crippen LogP contribution in [0.4, 0.5) is 0 Å². The highest BCUT2D eigenvalue weighted by atomic mass is 16.5. The summed E-state index contributed by atoms with van der Waals surface area (Å²) in [6.45, 7) is 20.4. The SMILES string of the molecule is C/C(N)=N/N=C(\N)c1ccc(CNC=O)cc1.CCC(C)(C)COCC(C)(C)CNC(C)C. The summed E-state index contributed by atoms with van der Waals surface area (Å²) in [5, 5.41) is 13.5. The van der Waals surface area contributed by atoms with E-state index < -0.39 is 0 Å². The average Bonchev–Trinajstić information content (AvgIpc) is 2.75. The van der Waals surface area contributed by atoms with E-state index in [4.69, 9.17) is 16.2 Å². The molecule has 0 aromatic heterocycles. The van der Waals surface area contributed by atoms with Crippen LogP contribution >= 0.6 is 0 Å². The lowest BCUT2D eigenvalue weighted by Gasteiger charge is -2.29. The van der Waals surface area contributed by atoms with Gasteiger partial charge in [0.25, 0.3) is 0 Å². The lowest BCUT2D eigenvalue weighted by molar-refractivity contribution is -0.109. The van der Waals surface area contributed by atoms with E-state index in [1.807, 2.05) is 24.3 Å². The molecule has 0 fully saturated rings. The Morgan fingerprint density at radius 2 is 1.64 bits per heavy atom. The van der Waals surface area contributed by atoms with Gasteiger partial charge in [0.2, 0.25) is 6.41 Å². The minimum Gasteiger partial charge on any atom is -0.386 e. The van der Waals surface area contributed by atoms with Crippen LogP contribution in [0.3, 0.4) is 0 Å². The normalized spacial score (nSPS) is 12.9. The topological polar surface area (TPSA) is 127 Å². The third-order valence-electron chi connectivity index (χ3n) is 4.89. The monoisotopic (exact) mass is 462 g/mol. The number of amides is 1. The first-order chi connectivity index (χ1) is 15.3. The van der Waals surface area contributed by atoms with E-state index in [1.54, 1.807) is 6.92 Å². The van der Waals surface area contributed by atoms with Crippen molar-refractivity contribution in [3.8, 4) is 0 Å². The first-order valence-corrected chi connectivity index (χ1v) is 11.5. The molecule has 0 saturated carbocycles. The zero-order valence-corrected chi connectivity index (χ0v) is 21.9. The predicted octanol–water partition coefficient (Wildman–Crippen LogP) is 3.39. The Labute approximate surface area is 200 Å². The molecule has 33 heavy (non-hydrogen) atoms. The van der Waals surface area contributed by atoms with Gasteiger partial charge >= 0.3 is 0 Å². The van der Waals surface area contributed by atoms with Crippen LogP contribution < -0.4 is 22.1 Å². The molecule has 1 amide bonds. The van der Waals surface area contributed by atoms with Crippen LogP contribution in [0.1, 0.15) is 72.9 Å². The number of benzene rings is 1. The highest BCUT2D eigenvalue weighted by Crippen LogP contribution is 2.22. The summed E-state index contributed by atoms with van der Waals surface area (Å²) in [5.74, 6) is 0.643. The van der Waals surface area contributed by atoms with E-state index >= 15 is 0 Å². The molecule has 0 radical (unpaired) electrons. The van der Waals surface area contributed by atoms with E-state index in [9.17, 15) is 4.79 Å². The summed E-state index contributed by atoms with van der Waals surface area (Å²) in [4.78, 5) is 10.1. The molecule has 0 aliphatic rings. The molecule has 6 N–H and O–H groups in total. The van der Waals surface area contributed by atoms with Crippen molar-refractivity contribution >= 4 is 18.1 Å². The Bertz CT molecular complexity index is 736. The van der Waals surface area contributed by atoms with Gasteiger partial charge in [0, 0.05) is 30.1 Å². The Balaban J connectivity index is 0.000000622. The number of nitrogens with one attached hydrogen (secondary N) is 2. The molecule has 1 rings (SSSR count). The van der Waals surface area contributed by atoms with Crippen LogP contribution in [0.2, 0.25) is 0 Å². The molecule has 8 heteroatoms. The van der Waals surface area contributed by atoms with Gasteiger partial charge < -0.3 is 26.8 Å². The van der Waals surface area contributed by atoms with Crippen LogP contribution in [-0.4, -0.2) is 43.9 Å². The second-order valence-electron chi connectivity index (χ2n) is 10.1. The number of nitrogens with zero attached hydrogens (tertiary/aromatic N) is 2. The molecule has 1 aromatic rings. The molecule has 188 valence electrons. The van der Waals surface area contributed by atoms with Gasteiger partial charge in [-0.3, -0.25) is 4.79 Å². The van der Waals surface area contributed by atoms with Gasteiger partial charge in [-0.1, -0.05) is 72.7 Å². The Kier molecular flexibility index (Phi) is 14.3. The molecule has 0 aliphatic heterocycles. The number of carbonyl (C=O) groups excluding carboxylic acids is 1. The number of ether oxygens (including phenoxy) is 1. The number of nitrogens with two attached hydrogens (primary N) is 2. The lowest BCUT2D eigenvalue weighted by Crippen LogP contribution is -2.37. The molecule has 8 nitrogen and oxygen atoms in total. The van der Waals surface area contributed by atoms with Gasteiger partial charge in [0.15, 0.2) is 5.84 Å². The number of hydrogen-bond acceptors (Lipinski definition) is 5. The van der Waals surface area contributed by atoms with Gasteiger partial charge in [0.05, 0.1) is 13.2 Å². The second kappa shape index (κ2) is 15.4. The summed E-state index contributed by atoms with van der Waals surface area (Å²) in [7, 11) is 0. The molecule has 0 atom stereocenters. The summed E-state index contributed by atoms with van der Waals surface area (Å²) in [6.07, 6.45) is 1.82. The van der Waals surface area contributed by atoms with Crippen molar-refractivity contribution < 1.29 is 9.53 Å². The maximum Gasteiger partial charge on any atom is 0.207 e. The van der Waals surface area contributed by atoms with Gasteiger partial charge in [-0.15, -0.1) is 10.2 Å². The molecule has 0 bridgehead atoms. The van der Waals surface area contributed by atoms with Gasteiger partial charge in [-0.05, 0) is 24.3 Å². The quantitative estimate of drug-likeness (QED) is 0.155. The molecular weight excluding hydrogens is 416 g/mol. The molecule has 0 heterocycles. The minimum absolute atomic E-state index is 0.216. The van der Waals surface area contributed by atoms with Gasteiger partial charge in [-0.25, -0.2) is 0 Å². The highest BCUT2D eigenvalue weighted by Gasteiger charge is 2.21. The number of hydrogen-bond donors (Lipinski definition) is 4. The molecule has 0 unspecified atom stereocenters.